The molecule has 3 aromatic carbocycles. The lowest BCUT2D eigenvalue weighted by Crippen LogP contribution is -2.60. The SMILES string of the molecule is CC(C)c1cccc(C(C)C)c1[Si]1(c2c(C(C)C)cccc2C(C)C)c2ccccc21. The van der Waals surface area contributed by atoms with Gasteiger partial charge in [-0.1, -0.05) is 116 Å². The van der Waals surface area contributed by atoms with Crippen molar-refractivity contribution in [1.29, 1.82) is 0 Å². The molecule has 0 bridgehead atoms. The monoisotopic (exact) mass is 426 g/mol. The zero-order valence-corrected chi connectivity index (χ0v) is 21.6. The van der Waals surface area contributed by atoms with Gasteiger partial charge in [-0.2, -0.15) is 0 Å². The Morgan fingerprint density at radius 1 is 0.419 bits per heavy atom. The number of fused-ring (bicyclic) bond motifs is 1. The van der Waals surface area contributed by atoms with Gasteiger partial charge in [0.2, 0.25) is 0 Å². The summed E-state index contributed by atoms with van der Waals surface area (Å²) in [6.07, 6.45) is 0. The Bertz CT molecular complexity index is 960. The normalized spacial score (nSPS) is 14.6. The Morgan fingerprint density at radius 3 is 0.968 bits per heavy atom. The lowest BCUT2D eigenvalue weighted by atomic mass is 9.95. The van der Waals surface area contributed by atoms with E-state index < -0.39 is 8.07 Å². The van der Waals surface area contributed by atoms with E-state index in [4.69, 9.17) is 0 Å². The van der Waals surface area contributed by atoms with Gasteiger partial charge in [-0.05, 0) is 66.7 Å². The van der Waals surface area contributed by atoms with Crippen LogP contribution in [0.3, 0.4) is 0 Å². The first-order chi connectivity index (χ1) is 14.7. The van der Waals surface area contributed by atoms with Crippen LogP contribution in [-0.4, -0.2) is 8.07 Å². The Balaban J connectivity index is 2.19. The molecular weight excluding hydrogens is 388 g/mol. The van der Waals surface area contributed by atoms with Gasteiger partial charge in [0.05, 0.1) is 0 Å². The van der Waals surface area contributed by atoms with Crippen molar-refractivity contribution in [3.8, 4) is 0 Å². The van der Waals surface area contributed by atoms with Crippen molar-refractivity contribution in [3.63, 3.8) is 0 Å². The summed E-state index contributed by atoms with van der Waals surface area (Å²) in [6, 6.07) is 23.6. The van der Waals surface area contributed by atoms with Gasteiger partial charge in [0.1, 0.15) is 0 Å². The molecule has 0 saturated carbocycles. The fourth-order valence-electron chi connectivity index (χ4n) is 5.69. The Hall–Kier alpha value is -2.12. The molecule has 1 heterocycles. The molecule has 0 aliphatic carbocycles. The number of hydrogen-bond donors (Lipinski definition) is 0. The van der Waals surface area contributed by atoms with Crippen molar-refractivity contribution < 1.29 is 0 Å². The molecule has 1 aliphatic rings. The fraction of sp³-hybridized carbons (Fsp3) is 0.400. The van der Waals surface area contributed by atoms with E-state index in [1.807, 2.05) is 0 Å². The van der Waals surface area contributed by atoms with Gasteiger partial charge in [-0.3, -0.25) is 0 Å². The Morgan fingerprint density at radius 2 is 0.710 bits per heavy atom. The summed E-state index contributed by atoms with van der Waals surface area (Å²) < 4.78 is 0. The van der Waals surface area contributed by atoms with Crippen molar-refractivity contribution in [1.82, 2.24) is 0 Å². The Labute approximate surface area is 190 Å². The van der Waals surface area contributed by atoms with Gasteiger partial charge < -0.3 is 0 Å². The summed E-state index contributed by atoms with van der Waals surface area (Å²) in [5.74, 6) is 2.07. The fourth-order valence-corrected chi connectivity index (χ4v) is 12.1. The third-order valence-electron chi connectivity index (χ3n) is 7.17. The average molecular weight is 427 g/mol. The molecule has 0 unspecified atom stereocenters. The highest BCUT2D eigenvalue weighted by atomic mass is 28.3. The number of benzene rings is 3. The molecule has 0 amide bonds. The molecule has 3 aromatic rings. The second kappa shape index (κ2) is 8.09. The quantitative estimate of drug-likeness (QED) is 0.338. The maximum atomic E-state index is 2.43. The van der Waals surface area contributed by atoms with Crippen LogP contribution < -0.4 is 20.7 Å². The molecule has 1 aliphatic heterocycles. The summed E-state index contributed by atoms with van der Waals surface area (Å²) in [5, 5.41) is 6.66. The van der Waals surface area contributed by atoms with Gasteiger partial charge in [-0.25, -0.2) is 0 Å². The van der Waals surface area contributed by atoms with Crippen LogP contribution in [0, 0.1) is 0 Å². The van der Waals surface area contributed by atoms with Crippen molar-refractivity contribution in [3.05, 3.63) is 82.9 Å². The molecule has 0 saturated heterocycles. The zero-order chi connectivity index (χ0) is 22.5. The maximum Gasteiger partial charge on any atom is 0.180 e. The summed E-state index contributed by atoms with van der Waals surface area (Å²) in [4.78, 5) is 0. The van der Waals surface area contributed by atoms with Crippen LogP contribution in [0.2, 0.25) is 0 Å². The minimum Gasteiger partial charge on any atom is -0.0624 e. The highest BCUT2D eigenvalue weighted by molar-refractivity contribution is 7.32. The molecule has 31 heavy (non-hydrogen) atoms. The van der Waals surface area contributed by atoms with E-state index in [1.54, 1.807) is 43.0 Å². The van der Waals surface area contributed by atoms with E-state index in [0.29, 0.717) is 23.7 Å². The molecule has 4 rings (SSSR count). The standard InChI is InChI=1S/C30H38Si/c1-19(2)23-13-11-14-24(20(3)4)29(23)31(27-17-9-10-18-28(27)31)30-25(21(5)6)15-12-16-26(30)22(7)8/h9-22H,1-8H3. The van der Waals surface area contributed by atoms with Crippen LogP contribution in [0.5, 0.6) is 0 Å². The Kier molecular flexibility index (Phi) is 5.77. The van der Waals surface area contributed by atoms with E-state index in [-0.39, 0.29) is 0 Å². The van der Waals surface area contributed by atoms with Crippen LogP contribution in [-0.2, 0) is 0 Å². The van der Waals surface area contributed by atoms with Gasteiger partial charge in [0.15, 0.2) is 8.07 Å². The topological polar surface area (TPSA) is 0 Å². The summed E-state index contributed by atoms with van der Waals surface area (Å²) in [7, 11) is -2.17. The molecule has 1 heteroatoms. The van der Waals surface area contributed by atoms with Gasteiger partial charge >= 0.3 is 0 Å². The van der Waals surface area contributed by atoms with Gasteiger partial charge in [0, 0.05) is 0 Å². The summed E-state index contributed by atoms with van der Waals surface area (Å²) in [6.45, 7) is 19.0. The second-order valence-electron chi connectivity index (χ2n) is 10.5. The molecular formula is C30H38Si. The van der Waals surface area contributed by atoms with Crippen molar-refractivity contribution in [2.75, 3.05) is 0 Å². The molecule has 162 valence electrons. The highest BCUT2D eigenvalue weighted by Crippen LogP contribution is 2.32. The highest BCUT2D eigenvalue weighted by Gasteiger charge is 2.59. The molecule has 0 radical (unpaired) electrons. The average Bonchev–Trinajstić information content (AvgIpc) is 3.41. The minimum absolute atomic E-state index is 0.517. The smallest absolute Gasteiger partial charge is 0.0624 e. The van der Waals surface area contributed by atoms with E-state index >= 15 is 0 Å². The second-order valence-corrected chi connectivity index (χ2v) is 14.1. The number of hydrogen-bond acceptors (Lipinski definition) is 0. The van der Waals surface area contributed by atoms with Crippen molar-refractivity contribution in [2.24, 2.45) is 0 Å². The van der Waals surface area contributed by atoms with Crippen LogP contribution in [0.25, 0.3) is 0 Å². The minimum atomic E-state index is -2.17. The summed E-state index contributed by atoms with van der Waals surface area (Å²) in [5.41, 5.74) is 6.23. The van der Waals surface area contributed by atoms with Gasteiger partial charge in [0.25, 0.3) is 0 Å². The van der Waals surface area contributed by atoms with Crippen molar-refractivity contribution in [2.45, 2.75) is 79.1 Å². The largest absolute Gasteiger partial charge is 0.180 e. The first-order valence-electron chi connectivity index (χ1n) is 12.1. The predicted molar refractivity (Wildman–Crippen MR) is 140 cm³/mol. The molecule has 0 spiro atoms. The third-order valence-corrected chi connectivity index (χ3v) is 12.1. The first-order valence-corrected chi connectivity index (χ1v) is 14.1. The molecule has 0 atom stereocenters. The predicted octanol–water partition coefficient (Wildman–Crippen LogP) is 5.87. The van der Waals surface area contributed by atoms with Crippen LogP contribution in [0.1, 0.15) is 101 Å². The van der Waals surface area contributed by atoms with Gasteiger partial charge in [-0.15, -0.1) is 0 Å². The molecule has 0 fully saturated rings. The van der Waals surface area contributed by atoms with E-state index in [0.717, 1.165) is 0 Å². The van der Waals surface area contributed by atoms with E-state index in [9.17, 15) is 0 Å². The molecule has 0 N–H and O–H groups in total. The maximum absolute atomic E-state index is 2.43. The lowest BCUT2D eigenvalue weighted by Gasteiger charge is -2.31. The van der Waals surface area contributed by atoms with E-state index in [2.05, 4.69) is 116 Å². The number of rotatable bonds is 6. The third kappa shape index (κ3) is 3.33. The van der Waals surface area contributed by atoms with E-state index in [1.165, 1.54) is 0 Å². The van der Waals surface area contributed by atoms with Crippen LogP contribution >= 0.6 is 0 Å². The van der Waals surface area contributed by atoms with Crippen LogP contribution in [0.4, 0.5) is 0 Å². The zero-order valence-electron chi connectivity index (χ0n) is 20.6. The molecule has 0 aromatic heterocycles. The summed E-state index contributed by atoms with van der Waals surface area (Å²) >= 11 is 0. The van der Waals surface area contributed by atoms with Crippen molar-refractivity contribution >= 4 is 28.8 Å². The molecule has 0 nitrogen and oxygen atoms in total. The first kappa shape index (κ1) is 22.1. The van der Waals surface area contributed by atoms with Crippen LogP contribution in [0.15, 0.2) is 60.7 Å². The lowest BCUT2D eigenvalue weighted by molar-refractivity contribution is 0.840.